The highest BCUT2D eigenvalue weighted by Gasteiger charge is 2.13. The molecule has 0 unspecified atom stereocenters. The van der Waals surface area contributed by atoms with E-state index in [2.05, 4.69) is 12.2 Å². The van der Waals surface area contributed by atoms with Crippen LogP contribution in [-0.4, -0.2) is 39.3 Å². The number of hydrogen-bond donors (Lipinski definition) is 2. The average Bonchev–Trinajstić information content (AvgIpc) is 2.71. The summed E-state index contributed by atoms with van der Waals surface area (Å²) >= 11 is 0. The Bertz CT molecular complexity index is 589. The van der Waals surface area contributed by atoms with Gasteiger partial charge in [0.2, 0.25) is 0 Å². The minimum atomic E-state index is -4.10. The lowest BCUT2D eigenvalue weighted by molar-refractivity contribution is 0.109. The lowest BCUT2D eigenvalue weighted by Gasteiger charge is -2.10. The summed E-state index contributed by atoms with van der Waals surface area (Å²) in [6, 6.07) is 6.73. The lowest BCUT2D eigenvalue weighted by Crippen LogP contribution is -2.30. The van der Waals surface area contributed by atoms with Crippen LogP contribution in [0.25, 0.3) is 0 Å². The Kier molecular flexibility index (Phi) is 14.3. The van der Waals surface area contributed by atoms with Crippen molar-refractivity contribution >= 4 is 10.1 Å². The van der Waals surface area contributed by atoms with Crippen molar-refractivity contribution in [3.8, 4) is 0 Å². The zero-order valence-electron chi connectivity index (χ0n) is 17.5. The van der Waals surface area contributed by atoms with Crippen LogP contribution in [-0.2, 0) is 21.3 Å². The molecule has 0 atom stereocenters. The van der Waals surface area contributed by atoms with E-state index in [0.717, 1.165) is 44.7 Å². The van der Waals surface area contributed by atoms with Crippen molar-refractivity contribution in [3.63, 3.8) is 0 Å². The number of ether oxygens (including phenoxy) is 1. The van der Waals surface area contributed by atoms with Gasteiger partial charge in [-0.15, -0.1) is 0 Å². The van der Waals surface area contributed by atoms with E-state index in [1.54, 1.807) is 12.1 Å². The minimum Gasteiger partial charge on any atom is -0.379 e. The maximum atomic E-state index is 11.3. The van der Waals surface area contributed by atoms with E-state index in [1.165, 1.54) is 57.4 Å². The molecule has 1 aliphatic heterocycles. The molecule has 0 amide bonds. The number of rotatable bonds is 12. The SMILES string of the molecule is C1COCCN1.CCCCCCCCCCCCc1ccccc1S(=O)(=O)O. The molecule has 2 rings (SSSR count). The molecule has 0 spiro atoms. The minimum absolute atomic E-state index is 0.0610. The number of nitrogens with one attached hydrogen (secondary N) is 1. The summed E-state index contributed by atoms with van der Waals surface area (Å²) < 4.78 is 36.8. The average molecular weight is 414 g/mol. The fraction of sp³-hybridized carbons (Fsp3) is 0.727. The third kappa shape index (κ3) is 12.5. The van der Waals surface area contributed by atoms with Gasteiger partial charge in [-0.05, 0) is 24.5 Å². The summed E-state index contributed by atoms with van der Waals surface area (Å²) in [7, 11) is -4.10. The topological polar surface area (TPSA) is 75.6 Å². The molecule has 1 heterocycles. The molecule has 1 aromatic rings. The van der Waals surface area contributed by atoms with E-state index in [1.807, 2.05) is 6.07 Å². The molecule has 1 aromatic carbocycles. The summed E-state index contributed by atoms with van der Waals surface area (Å²) in [6.45, 7) is 6.07. The van der Waals surface area contributed by atoms with E-state index in [-0.39, 0.29) is 4.90 Å². The van der Waals surface area contributed by atoms with Gasteiger partial charge in [0.05, 0.1) is 18.1 Å². The van der Waals surface area contributed by atoms with Gasteiger partial charge >= 0.3 is 0 Å². The molecule has 0 saturated carbocycles. The van der Waals surface area contributed by atoms with E-state index < -0.39 is 10.1 Å². The fourth-order valence-electron chi connectivity index (χ4n) is 3.28. The number of hydrogen-bond acceptors (Lipinski definition) is 4. The third-order valence-electron chi connectivity index (χ3n) is 4.90. The maximum Gasteiger partial charge on any atom is 0.294 e. The lowest BCUT2D eigenvalue weighted by atomic mass is 10.0. The van der Waals surface area contributed by atoms with Crippen molar-refractivity contribution in [1.29, 1.82) is 0 Å². The van der Waals surface area contributed by atoms with Crippen LogP contribution < -0.4 is 5.32 Å². The zero-order valence-corrected chi connectivity index (χ0v) is 18.3. The van der Waals surface area contributed by atoms with Gasteiger partial charge < -0.3 is 10.1 Å². The van der Waals surface area contributed by atoms with Gasteiger partial charge in [-0.25, -0.2) is 0 Å². The largest absolute Gasteiger partial charge is 0.379 e. The molecular weight excluding hydrogens is 374 g/mol. The Morgan fingerprint density at radius 1 is 0.893 bits per heavy atom. The first-order valence-corrected chi connectivity index (χ1v) is 12.3. The van der Waals surface area contributed by atoms with Gasteiger partial charge in [0.1, 0.15) is 0 Å². The predicted octanol–water partition coefficient (Wildman–Crippen LogP) is 5.00. The Hall–Kier alpha value is -0.950. The van der Waals surface area contributed by atoms with Gasteiger partial charge in [0.25, 0.3) is 10.1 Å². The van der Waals surface area contributed by atoms with Crippen LogP contribution in [0.15, 0.2) is 29.2 Å². The summed E-state index contributed by atoms with van der Waals surface area (Å²) in [5, 5.41) is 3.16. The standard InChI is InChI=1S/C18H30O3S.C4H9NO/c1-2-3-4-5-6-7-8-9-10-11-14-17-15-12-13-16-18(17)22(19,20)21;1-3-6-4-2-5-1/h12-13,15-16H,2-11,14H2,1H3,(H,19,20,21);5H,1-4H2. The number of unbranched alkanes of at least 4 members (excludes halogenated alkanes) is 9. The molecule has 0 radical (unpaired) electrons. The second kappa shape index (κ2) is 15.9. The monoisotopic (exact) mass is 413 g/mol. The normalized spacial score (nSPS) is 14.4. The van der Waals surface area contributed by atoms with Gasteiger partial charge in [-0.2, -0.15) is 8.42 Å². The van der Waals surface area contributed by atoms with Crippen LogP contribution >= 0.6 is 0 Å². The Balaban J connectivity index is 0.000000552. The highest BCUT2D eigenvalue weighted by atomic mass is 32.2. The Morgan fingerprint density at radius 3 is 1.89 bits per heavy atom. The van der Waals surface area contributed by atoms with Crippen LogP contribution in [0.1, 0.15) is 76.7 Å². The second-order valence-electron chi connectivity index (χ2n) is 7.38. The highest BCUT2D eigenvalue weighted by Crippen LogP contribution is 2.18. The molecule has 0 aliphatic carbocycles. The van der Waals surface area contributed by atoms with Crippen molar-refractivity contribution in [2.45, 2.75) is 82.4 Å². The van der Waals surface area contributed by atoms with Crippen molar-refractivity contribution in [3.05, 3.63) is 29.8 Å². The molecule has 2 N–H and O–H groups in total. The molecular formula is C22H39NO4S. The van der Waals surface area contributed by atoms with Crippen molar-refractivity contribution < 1.29 is 17.7 Å². The summed E-state index contributed by atoms with van der Waals surface area (Å²) in [4.78, 5) is 0.0610. The predicted molar refractivity (Wildman–Crippen MR) is 115 cm³/mol. The van der Waals surface area contributed by atoms with E-state index in [4.69, 9.17) is 4.74 Å². The zero-order chi connectivity index (χ0) is 20.5. The van der Waals surface area contributed by atoms with E-state index in [0.29, 0.717) is 6.42 Å². The molecule has 6 heteroatoms. The summed E-state index contributed by atoms with van der Waals surface area (Å²) in [5.41, 5.74) is 0.726. The Morgan fingerprint density at radius 2 is 1.43 bits per heavy atom. The van der Waals surface area contributed by atoms with Gasteiger partial charge in [0.15, 0.2) is 0 Å². The number of aryl methyl sites for hydroxylation is 1. The molecule has 0 aromatic heterocycles. The van der Waals surface area contributed by atoms with Crippen LogP contribution in [0.3, 0.4) is 0 Å². The molecule has 5 nitrogen and oxygen atoms in total. The maximum absolute atomic E-state index is 11.3. The summed E-state index contributed by atoms with van der Waals surface area (Å²) in [5.74, 6) is 0. The molecule has 28 heavy (non-hydrogen) atoms. The Labute approximate surface area is 172 Å². The fourth-order valence-corrected chi connectivity index (χ4v) is 4.03. The third-order valence-corrected chi connectivity index (χ3v) is 5.85. The highest BCUT2D eigenvalue weighted by molar-refractivity contribution is 7.85. The molecule has 162 valence electrons. The number of benzene rings is 1. The first kappa shape index (κ1) is 25.1. The number of morpholine rings is 1. The van der Waals surface area contributed by atoms with Crippen LogP contribution in [0, 0.1) is 0 Å². The second-order valence-corrected chi connectivity index (χ2v) is 8.77. The first-order chi connectivity index (χ1) is 13.6. The van der Waals surface area contributed by atoms with Crippen molar-refractivity contribution in [2.75, 3.05) is 26.3 Å². The molecule has 1 fully saturated rings. The van der Waals surface area contributed by atoms with Gasteiger partial charge in [0, 0.05) is 13.1 Å². The van der Waals surface area contributed by atoms with E-state index >= 15 is 0 Å². The van der Waals surface area contributed by atoms with E-state index in [9.17, 15) is 13.0 Å². The first-order valence-electron chi connectivity index (χ1n) is 10.9. The molecule has 1 aliphatic rings. The van der Waals surface area contributed by atoms with Crippen LogP contribution in [0.5, 0.6) is 0 Å². The molecule has 0 bridgehead atoms. The van der Waals surface area contributed by atoms with Gasteiger partial charge in [-0.1, -0.05) is 82.9 Å². The van der Waals surface area contributed by atoms with Crippen molar-refractivity contribution in [2.24, 2.45) is 0 Å². The van der Waals surface area contributed by atoms with Crippen LogP contribution in [0.2, 0.25) is 0 Å². The molecule has 1 saturated heterocycles. The smallest absolute Gasteiger partial charge is 0.294 e. The van der Waals surface area contributed by atoms with Crippen LogP contribution in [0.4, 0.5) is 0 Å². The summed E-state index contributed by atoms with van der Waals surface area (Å²) in [6.07, 6.45) is 13.3. The quantitative estimate of drug-likeness (QED) is 0.372. The van der Waals surface area contributed by atoms with Crippen molar-refractivity contribution in [1.82, 2.24) is 5.32 Å². The van der Waals surface area contributed by atoms with Gasteiger partial charge in [-0.3, -0.25) is 4.55 Å².